The number of imidazole rings is 1. The Morgan fingerprint density at radius 3 is 2.67 bits per heavy atom. The van der Waals surface area contributed by atoms with Crippen molar-refractivity contribution in [2.45, 2.75) is 44.9 Å². The van der Waals surface area contributed by atoms with Crippen LogP contribution in [0.25, 0.3) is 11.0 Å². The topological polar surface area (TPSA) is 70.8 Å². The van der Waals surface area contributed by atoms with E-state index in [0.29, 0.717) is 6.54 Å². The fourth-order valence-electron chi connectivity index (χ4n) is 4.62. The summed E-state index contributed by atoms with van der Waals surface area (Å²) in [5, 5.41) is 0. The van der Waals surface area contributed by atoms with Crippen LogP contribution in [0.2, 0.25) is 0 Å². The third-order valence-electron chi connectivity index (χ3n) is 6.11. The molecule has 1 aliphatic carbocycles. The zero-order valence-corrected chi connectivity index (χ0v) is 17.1. The zero-order valence-electron chi connectivity index (χ0n) is 17.1. The van der Waals surface area contributed by atoms with Crippen LogP contribution in [0.15, 0.2) is 66.9 Å². The third-order valence-corrected chi connectivity index (χ3v) is 6.11. The summed E-state index contributed by atoms with van der Waals surface area (Å²) in [7, 11) is 0. The highest BCUT2D eigenvalue weighted by Crippen LogP contribution is 2.35. The molecule has 2 aromatic carbocycles. The molecule has 1 atom stereocenters. The van der Waals surface area contributed by atoms with Crippen LogP contribution in [0.4, 0.5) is 0 Å². The van der Waals surface area contributed by atoms with Gasteiger partial charge in [0.25, 0.3) is 0 Å². The molecular formula is C25H27N5. The number of hydrogen-bond acceptors (Lipinski definition) is 4. The van der Waals surface area contributed by atoms with Crippen molar-refractivity contribution in [1.29, 1.82) is 0 Å². The number of nitrogens with one attached hydrogen (secondary N) is 1. The molecule has 0 amide bonds. The molecule has 0 bridgehead atoms. The predicted molar refractivity (Wildman–Crippen MR) is 120 cm³/mol. The highest BCUT2D eigenvalue weighted by atomic mass is 15.2. The number of fused-ring (bicyclic) bond motifs is 2. The van der Waals surface area contributed by atoms with E-state index in [0.717, 1.165) is 42.8 Å². The van der Waals surface area contributed by atoms with E-state index in [1.165, 1.54) is 28.8 Å². The molecule has 0 saturated carbocycles. The average Bonchev–Trinajstić information content (AvgIpc) is 3.21. The maximum absolute atomic E-state index is 6.04. The molecule has 3 N–H and O–H groups in total. The summed E-state index contributed by atoms with van der Waals surface area (Å²) >= 11 is 0. The molecule has 152 valence electrons. The second-order valence-corrected chi connectivity index (χ2v) is 8.03. The van der Waals surface area contributed by atoms with Crippen LogP contribution in [0.3, 0.4) is 0 Å². The number of hydrogen-bond donors (Lipinski definition) is 2. The molecule has 1 unspecified atom stereocenters. The highest BCUT2D eigenvalue weighted by Gasteiger charge is 2.28. The van der Waals surface area contributed by atoms with Crippen LogP contribution in [-0.2, 0) is 26.1 Å². The lowest BCUT2D eigenvalue weighted by molar-refractivity contribution is 0.153. The van der Waals surface area contributed by atoms with Gasteiger partial charge in [0.2, 0.25) is 0 Å². The molecule has 0 aliphatic heterocycles. The van der Waals surface area contributed by atoms with Crippen LogP contribution < -0.4 is 5.73 Å². The number of para-hydroxylation sites is 2. The van der Waals surface area contributed by atoms with Gasteiger partial charge in [-0.25, -0.2) is 4.98 Å². The Labute approximate surface area is 177 Å². The van der Waals surface area contributed by atoms with Gasteiger partial charge in [0.05, 0.1) is 29.3 Å². The van der Waals surface area contributed by atoms with Crippen LogP contribution in [-0.4, -0.2) is 19.9 Å². The quantitative estimate of drug-likeness (QED) is 0.503. The van der Waals surface area contributed by atoms with Crippen molar-refractivity contribution in [2.75, 3.05) is 0 Å². The van der Waals surface area contributed by atoms with Crippen LogP contribution in [0.5, 0.6) is 0 Å². The Morgan fingerprint density at radius 1 is 0.967 bits per heavy atom. The van der Waals surface area contributed by atoms with Gasteiger partial charge in [0.15, 0.2) is 0 Å². The van der Waals surface area contributed by atoms with Gasteiger partial charge in [-0.1, -0.05) is 42.5 Å². The molecule has 0 radical (unpaired) electrons. The van der Waals surface area contributed by atoms with Crippen molar-refractivity contribution in [3.8, 4) is 0 Å². The van der Waals surface area contributed by atoms with Gasteiger partial charge in [-0.3, -0.25) is 9.88 Å². The van der Waals surface area contributed by atoms with Crippen molar-refractivity contribution in [3.63, 3.8) is 0 Å². The Bertz CT molecular complexity index is 1120. The van der Waals surface area contributed by atoms with E-state index >= 15 is 0 Å². The Hall–Kier alpha value is -3.02. The number of benzene rings is 2. The lowest BCUT2D eigenvalue weighted by Gasteiger charge is -2.35. The lowest BCUT2D eigenvalue weighted by Crippen LogP contribution is -2.32. The van der Waals surface area contributed by atoms with Crippen molar-refractivity contribution < 1.29 is 0 Å². The predicted octanol–water partition coefficient (Wildman–Crippen LogP) is 4.50. The smallest absolute Gasteiger partial charge is 0.121 e. The Morgan fingerprint density at radius 2 is 1.80 bits per heavy atom. The van der Waals surface area contributed by atoms with E-state index in [9.17, 15) is 0 Å². The van der Waals surface area contributed by atoms with E-state index in [-0.39, 0.29) is 6.04 Å². The summed E-state index contributed by atoms with van der Waals surface area (Å²) in [6, 6.07) is 21.2. The van der Waals surface area contributed by atoms with Gasteiger partial charge < -0.3 is 10.7 Å². The number of aromatic amines is 1. The second kappa shape index (κ2) is 8.38. The fourth-order valence-corrected chi connectivity index (χ4v) is 4.62. The molecule has 2 aromatic heterocycles. The number of nitrogens with two attached hydrogens (primary N) is 1. The summed E-state index contributed by atoms with van der Waals surface area (Å²) in [6.45, 7) is 2.12. The first-order valence-corrected chi connectivity index (χ1v) is 10.7. The van der Waals surface area contributed by atoms with E-state index < -0.39 is 0 Å². The minimum Gasteiger partial charge on any atom is -0.341 e. The van der Waals surface area contributed by atoms with Crippen molar-refractivity contribution >= 4 is 11.0 Å². The Balaban J connectivity index is 1.52. The molecule has 5 rings (SSSR count). The van der Waals surface area contributed by atoms with Crippen LogP contribution >= 0.6 is 0 Å². The van der Waals surface area contributed by atoms with Crippen molar-refractivity contribution in [3.05, 3.63) is 95.1 Å². The van der Waals surface area contributed by atoms with E-state index in [1.807, 2.05) is 18.3 Å². The minimum absolute atomic E-state index is 0.272. The van der Waals surface area contributed by atoms with Gasteiger partial charge in [0.1, 0.15) is 5.82 Å². The molecule has 0 spiro atoms. The molecule has 30 heavy (non-hydrogen) atoms. The maximum atomic E-state index is 6.04. The lowest BCUT2D eigenvalue weighted by atomic mass is 9.90. The van der Waals surface area contributed by atoms with Crippen molar-refractivity contribution in [2.24, 2.45) is 5.73 Å². The highest BCUT2D eigenvalue weighted by molar-refractivity contribution is 5.74. The first-order chi connectivity index (χ1) is 14.8. The van der Waals surface area contributed by atoms with Gasteiger partial charge in [-0.2, -0.15) is 0 Å². The number of aryl methyl sites for hydroxylation is 1. The van der Waals surface area contributed by atoms with E-state index in [2.05, 4.69) is 58.4 Å². The summed E-state index contributed by atoms with van der Waals surface area (Å²) in [5.74, 6) is 0.990. The largest absolute Gasteiger partial charge is 0.341 e. The number of pyridine rings is 1. The molecule has 0 saturated heterocycles. The van der Waals surface area contributed by atoms with Gasteiger partial charge in [0, 0.05) is 19.3 Å². The molecule has 4 aromatic rings. The first-order valence-electron chi connectivity index (χ1n) is 10.7. The molecule has 0 fully saturated rings. The molecule has 1 aliphatic rings. The van der Waals surface area contributed by atoms with Gasteiger partial charge in [-0.15, -0.1) is 0 Å². The fraction of sp³-hybridized carbons (Fsp3) is 0.280. The third kappa shape index (κ3) is 3.74. The first kappa shape index (κ1) is 19.0. The van der Waals surface area contributed by atoms with Gasteiger partial charge in [-0.05, 0) is 54.2 Å². The summed E-state index contributed by atoms with van der Waals surface area (Å²) in [4.78, 5) is 15.7. The monoisotopic (exact) mass is 397 g/mol. The standard InChI is InChI=1S/C25H27N5/c26-15-19-7-1-2-8-20(19)16-30(17-24-28-21-11-3-4-12-22(21)29-24)23-13-5-9-18-10-6-14-27-25(18)23/h1-4,6-8,10-12,14,23H,5,9,13,15-17,26H2,(H,28,29). The van der Waals surface area contributed by atoms with E-state index in [1.54, 1.807) is 0 Å². The number of rotatable bonds is 6. The van der Waals surface area contributed by atoms with Crippen LogP contribution in [0.1, 0.15) is 47.1 Å². The number of H-pyrrole nitrogens is 1. The maximum Gasteiger partial charge on any atom is 0.121 e. The van der Waals surface area contributed by atoms with E-state index in [4.69, 9.17) is 15.7 Å². The molecule has 2 heterocycles. The molecular weight excluding hydrogens is 370 g/mol. The summed E-state index contributed by atoms with van der Waals surface area (Å²) < 4.78 is 0. The summed E-state index contributed by atoms with van der Waals surface area (Å²) in [6.07, 6.45) is 5.31. The normalized spacial score (nSPS) is 16.1. The number of aromatic nitrogens is 3. The van der Waals surface area contributed by atoms with Gasteiger partial charge >= 0.3 is 0 Å². The molecule has 5 heteroatoms. The minimum atomic E-state index is 0.272. The SMILES string of the molecule is NCc1ccccc1CN(Cc1nc2ccccc2[nH]1)C1CCCc2cccnc21. The average molecular weight is 398 g/mol. The molecule has 5 nitrogen and oxygen atoms in total. The zero-order chi connectivity index (χ0) is 20.3. The Kier molecular flexibility index (Phi) is 5.30. The summed E-state index contributed by atoms with van der Waals surface area (Å²) in [5.41, 5.74) is 13.2. The van der Waals surface area contributed by atoms with Crippen LogP contribution in [0, 0.1) is 0 Å². The number of nitrogens with zero attached hydrogens (tertiary/aromatic N) is 3. The second-order valence-electron chi connectivity index (χ2n) is 8.03. The van der Waals surface area contributed by atoms with Crippen molar-refractivity contribution in [1.82, 2.24) is 19.9 Å².